The molecule has 1 atom stereocenters. The summed E-state index contributed by atoms with van der Waals surface area (Å²) in [4.78, 5) is 12.2. The molecule has 0 fully saturated rings. The van der Waals surface area contributed by atoms with Gasteiger partial charge >= 0.3 is 0 Å². The minimum absolute atomic E-state index is 0.273. The molecule has 4 nitrogen and oxygen atoms in total. The normalized spacial score (nSPS) is 13.6. The number of fused-ring (bicyclic) bond motifs is 1. The van der Waals surface area contributed by atoms with Crippen LogP contribution in [0, 0.1) is 12.8 Å². The van der Waals surface area contributed by atoms with Crippen molar-refractivity contribution in [2.24, 2.45) is 11.7 Å². The molecular weight excluding hydrogens is 200 g/mol. The van der Waals surface area contributed by atoms with Gasteiger partial charge < -0.3 is 10.7 Å². The van der Waals surface area contributed by atoms with Gasteiger partial charge in [-0.1, -0.05) is 13.8 Å². The molecule has 0 aliphatic heterocycles. The third kappa shape index (κ3) is 1.93. The molecular formula is C12H18N4. The number of rotatable bonds is 3. The molecule has 4 heteroatoms. The number of nitrogens with zero attached hydrogens (tertiary/aromatic N) is 2. The number of hydrogen-bond donors (Lipinski definition) is 2. The predicted molar refractivity (Wildman–Crippen MR) is 65.3 cm³/mol. The molecule has 2 aromatic heterocycles. The zero-order valence-corrected chi connectivity index (χ0v) is 9.99. The largest absolute Gasteiger partial charge is 0.340 e. The van der Waals surface area contributed by atoms with E-state index in [1.54, 1.807) is 0 Å². The highest BCUT2D eigenvalue weighted by atomic mass is 15.0. The summed E-state index contributed by atoms with van der Waals surface area (Å²) >= 11 is 0. The van der Waals surface area contributed by atoms with Gasteiger partial charge in [-0.05, 0) is 25.0 Å². The number of H-pyrrole nitrogens is 1. The number of aryl methyl sites for hydroxylation is 1. The molecule has 1 unspecified atom stereocenters. The van der Waals surface area contributed by atoms with Crippen molar-refractivity contribution >= 4 is 11.2 Å². The Bertz CT molecular complexity index is 487. The lowest BCUT2D eigenvalue weighted by Crippen LogP contribution is -2.18. The van der Waals surface area contributed by atoms with E-state index in [1.165, 1.54) is 0 Å². The fourth-order valence-electron chi connectivity index (χ4n) is 1.88. The molecule has 0 amide bonds. The Hall–Kier alpha value is -1.42. The van der Waals surface area contributed by atoms with Gasteiger partial charge in [0.2, 0.25) is 0 Å². The van der Waals surface area contributed by atoms with E-state index >= 15 is 0 Å². The number of nitrogens with one attached hydrogen (secondary N) is 1. The summed E-state index contributed by atoms with van der Waals surface area (Å²) in [6.07, 6.45) is 0. The molecule has 0 aromatic carbocycles. The molecule has 2 aromatic rings. The maximum absolute atomic E-state index is 5.78. The van der Waals surface area contributed by atoms with Gasteiger partial charge in [0.05, 0.1) is 5.52 Å². The average molecular weight is 218 g/mol. The van der Waals surface area contributed by atoms with E-state index in [9.17, 15) is 0 Å². The molecule has 0 saturated carbocycles. The van der Waals surface area contributed by atoms with Crippen molar-refractivity contribution in [1.29, 1.82) is 0 Å². The summed E-state index contributed by atoms with van der Waals surface area (Å²) < 4.78 is 0. The SMILES string of the molecule is Cc1ccc2[nH]c(C(CN)C(C)C)nc2n1. The van der Waals surface area contributed by atoms with Crippen LogP contribution in [0.5, 0.6) is 0 Å². The Morgan fingerprint density at radius 2 is 2.06 bits per heavy atom. The van der Waals surface area contributed by atoms with Gasteiger partial charge in [-0.3, -0.25) is 0 Å². The first-order valence-corrected chi connectivity index (χ1v) is 5.65. The van der Waals surface area contributed by atoms with Crippen molar-refractivity contribution in [3.8, 4) is 0 Å². The maximum Gasteiger partial charge on any atom is 0.177 e. The van der Waals surface area contributed by atoms with E-state index in [1.807, 2.05) is 19.1 Å². The molecule has 86 valence electrons. The fourth-order valence-corrected chi connectivity index (χ4v) is 1.88. The Balaban J connectivity index is 2.45. The standard InChI is InChI=1S/C12H18N4/c1-7(2)9(6-13)11-15-10-5-4-8(3)14-12(10)16-11/h4-5,7,9H,6,13H2,1-3H3,(H,14,15,16). The fraction of sp³-hybridized carbons (Fsp3) is 0.500. The van der Waals surface area contributed by atoms with Gasteiger partial charge in [-0.15, -0.1) is 0 Å². The van der Waals surface area contributed by atoms with Crippen LogP contribution in [-0.4, -0.2) is 21.5 Å². The summed E-state index contributed by atoms with van der Waals surface area (Å²) in [6, 6.07) is 4.00. The van der Waals surface area contributed by atoms with Crippen LogP contribution in [0.25, 0.3) is 11.2 Å². The van der Waals surface area contributed by atoms with Crippen LogP contribution < -0.4 is 5.73 Å². The lowest BCUT2D eigenvalue weighted by molar-refractivity contribution is 0.488. The number of hydrogen-bond acceptors (Lipinski definition) is 3. The van der Waals surface area contributed by atoms with Crippen molar-refractivity contribution < 1.29 is 0 Å². The summed E-state index contributed by atoms with van der Waals surface area (Å²) in [5, 5.41) is 0. The van der Waals surface area contributed by atoms with Gasteiger partial charge in [-0.2, -0.15) is 0 Å². The Morgan fingerprint density at radius 3 is 2.69 bits per heavy atom. The van der Waals surface area contributed by atoms with E-state index in [-0.39, 0.29) is 5.92 Å². The smallest absolute Gasteiger partial charge is 0.177 e. The van der Waals surface area contributed by atoms with Crippen LogP contribution in [0.1, 0.15) is 31.3 Å². The lowest BCUT2D eigenvalue weighted by Gasteiger charge is -2.15. The highest BCUT2D eigenvalue weighted by Crippen LogP contribution is 2.22. The highest BCUT2D eigenvalue weighted by Gasteiger charge is 2.18. The Kier molecular flexibility index (Phi) is 2.92. The van der Waals surface area contributed by atoms with E-state index < -0.39 is 0 Å². The van der Waals surface area contributed by atoms with Crippen LogP contribution in [0.15, 0.2) is 12.1 Å². The summed E-state index contributed by atoms with van der Waals surface area (Å²) in [5.74, 6) is 1.70. The molecule has 16 heavy (non-hydrogen) atoms. The van der Waals surface area contributed by atoms with E-state index in [4.69, 9.17) is 5.73 Å². The number of pyridine rings is 1. The number of imidazole rings is 1. The van der Waals surface area contributed by atoms with Crippen LogP contribution in [0.2, 0.25) is 0 Å². The molecule has 0 aliphatic rings. The average Bonchev–Trinajstić information content (AvgIpc) is 2.60. The van der Waals surface area contributed by atoms with Crippen molar-refractivity contribution in [1.82, 2.24) is 15.0 Å². The molecule has 0 saturated heterocycles. The third-order valence-corrected chi connectivity index (χ3v) is 2.91. The number of aromatic nitrogens is 3. The van der Waals surface area contributed by atoms with Gasteiger partial charge in [-0.25, -0.2) is 9.97 Å². The van der Waals surface area contributed by atoms with Gasteiger partial charge in [0.25, 0.3) is 0 Å². The second-order valence-corrected chi connectivity index (χ2v) is 4.53. The Morgan fingerprint density at radius 1 is 1.31 bits per heavy atom. The second-order valence-electron chi connectivity index (χ2n) is 4.53. The quantitative estimate of drug-likeness (QED) is 0.827. The first-order chi connectivity index (χ1) is 7.61. The van der Waals surface area contributed by atoms with E-state index in [0.29, 0.717) is 12.5 Å². The van der Waals surface area contributed by atoms with Crippen molar-refractivity contribution in [3.63, 3.8) is 0 Å². The molecule has 0 spiro atoms. The summed E-state index contributed by atoms with van der Waals surface area (Å²) in [7, 11) is 0. The first-order valence-electron chi connectivity index (χ1n) is 5.65. The monoisotopic (exact) mass is 218 g/mol. The molecule has 0 radical (unpaired) electrons. The first kappa shape index (κ1) is 11.1. The summed E-state index contributed by atoms with van der Waals surface area (Å²) in [6.45, 7) is 6.89. The van der Waals surface area contributed by atoms with Crippen molar-refractivity contribution in [2.45, 2.75) is 26.7 Å². The predicted octanol–water partition coefficient (Wildman–Crippen LogP) is 1.96. The molecule has 2 rings (SSSR count). The van der Waals surface area contributed by atoms with Crippen LogP contribution >= 0.6 is 0 Å². The van der Waals surface area contributed by atoms with Gasteiger partial charge in [0, 0.05) is 18.2 Å². The third-order valence-electron chi connectivity index (χ3n) is 2.91. The zero-order chi connectivity index (χ0) is 11.7. The van der Waals surface area contributed by atoms with E-state index in [0.717, 1.165) is 22.7 Å². The minimum Gasteiger partial charge on any atom is -0.340 e. The Labute approximate surface area is 95.3 Å². The minimum atomic E-state index is 0.273. The van der Waals surface area contributed by atoms with Gasteiger partial charge in [0.15, 0.2) is 5.65 Å². The molecule has 0 bridgehead atoms. The van der Waals surface area contributed by atoms with Crippen LogP contribution in [0.4, 0.5) is 0 Å². The molecule has 0 aliphatic carbocycles. The van der Waals surface area contributed by atoms with Crippen LogP contribution in [0.3, 0.4) is 0 Å². The molecule has 2 heterocycles. The summed E-state index contributed by atoms with van der Waals surface area (Å²) in [5.41, 5.74) is 8.53. The van der Waals surface area contributed by atoms with Crippen LogP contribution in [-0.2, 0) is 0 Å². The topological polar surface area (TPSA) is 67.6 Å². The van der Waals surface area contributed by atoms with E-state index in [2.05, 4.69) is 28.8 Å². The highest BCUT2D eigenvalue weighted by molar-refractivity contribution is 5.70. The zero-order valence-electron chi connectivity index (χ0n) is 9.99. The van der Waals surface area contributed by atoms with Crippen molar-refractivity contribution in [3.05, 3.63) is 23.7 Å². The number of nitrogens with two attached hydrogens (primary N) is 1. The lowest BCUT2D eigenvalue weighted by atomic mass is 9.95. The second kappa shape index (κ2) is 4.22. The van der Waals surface area contributed by atoms with Gasteiger partial charge in [0.1, 0.15) is 5.82 Å². The number of aromatic amines is 1. The van der Waals surface area contributed by atoms with Crippen molar-refractivity contribution in [2.75, 3.05) is 6.54 Å². The maximum atomic E-state index is 5.78. The molecule has 3 N–H and O–H groups in total.